The third kappa shape index (κ3) is 13.0. The zero-order valence-electron chi connectivity index (χ0n) is 9.15. The van der Waals surface area contributed by atoms with Gasteiger partial charge in [-0.25, -0.2) is 0 Å². The van der Waals surface area contributed by atoms with E-state index >= 15 is 0 Å². The molecule has 70 valence electrons. The largest absolute Gasteiger partial charge is 0.307 e. The Morgan fingerprint density at radius 3 is 1.55 bits per heavy atom. The van der Waals surface area contributed by atoms with Crippen LogP contribution in [0, 0.1) is 0 Å². The van der Waals surface area contributed by atoms with Crippen LogP contribution in [0.25, 0.3) is 0 Å². The van der Waals surface area contributed by atoms with Crippen molar-refractivity contribution in [2.24, 2.45) is 0 Å². The second-order valence-corrected chi connectivity index (χ2v) is 3.31. The molecule has 0 amide bonds. The Morgan fingerprint density at radius 2 is 1.45 bits per heavy atom. The summed E-state index contributed by atoms with van der Waals surface area (Å²) in [6.45, 7) is 8.73. The smallest absolute Gasteiger partial charge is 0.00607 e. The first-order valence-corrected chi connectivity index (χ1v) is 4.76. The highest BCUT2D eigenvalue weighted by atomic mass is 15.1. The summed E-state index contributed by atoms with van der Waals surface area (Å²) in [5.74, 6) is 0. The van der Waals surface area contributed by atoms with Gasteiger partial charge in [0.05, 0.1) is 0 Å². The molecular weight excluding hydrogens is 134 g/mol. The highest BCUT2D eigenvalue weighted by molar-refractivity contribution is 4.56. The summed E-state index contributed by atoms with van der Waals surface area (Å²) >= 11 is 0. The van der Waals surface area contributed by atoms with Gasteiger partial charge in [0.25, 0.3) is 0 Å². The molecule has 1 heteroatoms. The van der Waals surface area contributed by atoms with Crippen LogP contribution in [0.15, 0.2) is 0 Å². The Labute approximate surface area is 72.8 Å². The zero-order valence-corrected chi connectivity index (χ0v) is 9.15. The normalized spacial score (nSPS) is 12.3. The molecule has 1 unspecified atom stereocenters. The molecule has 0 aromatic heterocycles. The summed E-state index contributed by atoms with van der Waals surface area (Å²) in [6.07, 6.45) is 3.85. The quantitative estimate of drug-likeness (QED) is 0.611. The molecule has 0 spiro atoms. The molecule has 0 radical (unpaired) electrons. The second-order valence-electron chi connectivity index (χ2n) is 3.31. The maximum absolute atomic E-state index is 2.25. The Bertz CT molecular complexity index is 59.9. The fourth-order valence-corrected chi connectivity index (χ4v) is 0.676. The number of rotatable bonds is 3. The van der Waals surface area contributed by atoms with E-state index in [1.165, 1.54) is 19.3 Å². The van der Waals surface area contributed by atoms with Gasteiger partial charge in [-0.15, -0.1) is 0 Å². The van der Waals surface area contributed by atoms with Crippen LogP contribution < -0.4 is 0 Å². The maximum Gasteiger partial charge on any atom is 0.00607 e. The van der Waals surface area contributed by atoms with E-state index in [9.17, 15) is 0 Å². The Hall–Kier alpha value is -0.0400. The summed E-state index contributed by atoms with van der Waals surface area (Å²) in [4.78, 5) is 2.25. The monoisotopic (exact) mass is 159 g/mol. The number of hydrogen-bond donors (Lipinski definition) is 0. The van der Waals surface area contributed by atoms with Gasteiger partial charge < -0.3 is 4.90 Å². The molecule has 0 saturated carbocycles. The minimum Gasteiger partial charge on any atom is -0.307 e. The van der Waals surface area contributed by atoms with Crippen LogP contribution in [-0.2, 0) is 0 Å². The molecule has 0 N–H and O–H groups in total. The van der Waals surface area contributed by atoms with Crippen molar-refractivity contribution in [2.45, 2.75) is 53.0 Å². The van der Waals surface area contributed by atoms with Crippen molar-refractivity contribution >= 4 is 0 Å². The highest BCUT2D eigenvalue weighted by Gasteiger charge is 1.99. The van der Waals surface area contributed by atoms with Crippen LogP contribution in [-0.4, -0.2) is 25.0 Å². The molecule has 11 heavy (non-hydrogen) atoms. The second kappa shape index (κ2) is 9.96. The maximum atomic E-state index is 2.25. The molecule has 0 aliphatic heterocycles. The summed E-state index contributed by atoms with van der Waals surface area (Å²) in [5.41, 5.74) is 0. The molecule has 1 nitrogen and oxygen atoms in total. The van der Waals surface area contributed by atoms with Gasteiger partial charge in [0.15, 0.2) is 0 Å². The SMILES string of the molecule is CCC.CCCC(C)N(C)C. The van der Waals surface area contributed by atoms with Gasteiger partial charge in [-0.1, -0.05) is 33.6 Å². The fraction of sp³-hybridized carbons (Fsp3) is 1.00. The van der Waals surface area contributed by atoms with Crippen molar-refractivity contribution in [3.8, 4) is 0 Å². The van der Waals surface area contributed by atoms with Crippen molar-refractivity contribution in [1.82, 2.24) is 4.90 Å². The van der Waals surface area contributed by atoms with E-state index in [1.807, 2.05) is 0 Å². The van der Waals surface area contributed by atoms with Gasteiger partial charge >= 0.3 is 0 Å². The number of hydrogen-bond acceptors (Lipinski definition) is 1. The van der Waals surface area contributed by atoms with E-state index in [-0.39, 0.29) is 0 Å². The van der Waals surface area contributed by atoms with Crippen LogP contribution >= 0.6 is 0 Å². The summed E-state index contributed by atoms with van der Waals surface area (Å²) in [7, 11) is 4.25. The van der Waals surface area contributed by atoms with E-state index in [1.54, 1.807) is 0 Å². The first-order chi connectivity index (χ1) is 5.09. The van der Waals surface area contributed by atoms with E-state index in [0.29, 0.717) is 0 Å². The van der Waals surface area contributed by atoms with E-state index in [4.69, 9.17) is 0 Å². The molecule has 0 heterocycles. The molecule has 0 saturated heterocycles. The van der Waals surface area contributed by atoms with Crippen molar-refractivity contribution in [2.75, 3.05) is 14.1 Å². The molecule has 0 aliphatic carbocycles. The lowest BCUT2D eigenvalue weighted by Crippen LogP contribution is -2.23. The van der Waals surface area contributed by atoms with Gasteiger partial charge in [0.1, 0.15) is 0 Å². The Balaban J connectivity index is 0. The predicted molar refractivity (Wildman–Crippen MR) is 54.0 cm³/mol. The average molecular weight is 159 g/mol. The van der Waals surface area contributed by atoms with Crippen molar-refractivity contribution in [1.29, 1.82) is 0 Å². The van der Waals surface area contributed by atoms with Crippen LogP contribution in [0.4, 0.5) is 0 Å². The van der Waals surface area contributed by atoms with Crippen LogP contribution in [0.1, 0.15) is 47.0 Å². The summed E-state index contributed by atoms with van der Waals surface area (Å²) in [5, 5.41) is 0. The number of nitrogens with zero attached hydrogens (tertiary/aromatic N) is 1. The molecule has 0 bridgehead atoms. The molecule has 0 aromatic carbocycles. The first kappa shape index (κ1) is 13.5. The van der Waals surface area contributed by atoms with Crippen LogP contribution in [0.5, 0.6) is 0 Å². The third-order valence-corrected chi connectivity index (χ3v) is 1.59. The molecule has 0 fully saturated rings. The Morgan fingerprint density at radius 1 is 1.09 bits per heavy atom. The van der Waals surface area contributed by atoms with Gasteiger partial charge in [-0.3, -0.25) is 0 Å². The summed E-state index contributed by atoms with van der Waals surface area (Å²) < 4.78 is 0. The average Bonchev–Trinajstić information content (AvgIpc) is 1.90. The fourth-order valence-electron chi connectivity index (χ4n) is 0.676. The lowest BCUT2D eigenvalue weighted by atomic mass is 10.2. The van der Waals surface area contributed by atoms with Gasteiger partial charge in [-0.2, -0.15) is 0 Å². The summed E-state index contributed by atoms with van der Waals surface area (Å²) in [6, 6.07) is 0.750. The minimum absolute atomic E-state index is 0.750. The molecule has 0 aliphatic rings. The standard InChI is InChI=1S/C7H17N.C3H8/c1-5-6-7(2)8(3)4;1-3-2/h7H,5-6H2,1-4H3;3H2,1-2H3. The molecule has 0 aromatic rings. The lowest BCUT2D eigenvalue weighted by molar-refractivity contribution is 0.297. The van der Waals surface area contributed by atoms with E-state index in [0.717, 1.165) is 6.04 Å². The predicted octanol–water partition coefficient (Wildman–Crippen LogP) is 3.15. The highest BCUT2D eigenvalue weighted by Crippen LogP contribution is 1.99. The third-order valence-electron chi connectivity index (χ3n) is 1.59. The van der Waals surface area contributed by atoms with Crippen LogP contribution in [0.2, 0.25) is 0 Å². The van der Waals surface area contributed by atoms with Crippen molar-refractivity contribution in [3.05, 3.63) is 0 Å². The van der Waals surface area contributed by atoms with Crippen LogP contribution in [0.3, 0.4) is 0 Å². The topological polar surface area (TPSA) is 3.24 Å². The van der Waals surface area contributed by atoms with Crippen molar-refractivity contribution in [3.63, 3.8) is 0 Å². The zero-order chi connectivity index (χ0) is 9.28. The minimum atomic E-state index is 0.750. The van der Waals surface area contributed by atoms with E-state index in [2.05, 4.69) is 46.7 Å². The molecular formula is C10H25N. The molecule has 1 atom stereocenters. The first-order valence-electron chi connectivity index (χ1n) is 4.76. The Kier molecular flexibility index (Phi) is 12.3. The van der Waals surface area contributed by atoms with Gasteiger partial charge in [0, 0.05) is 6.04 Å². The van der Waals surface area contributed by atoms with Gasteiger partial charge in [0.2, 0.25) is 0 Å². The van der Waals surface area contributed by atoms with E-state index < -0.39 is 0 Å². The van der Waals surface area contributed by atoms with Crippen molar-refractivity contribution < 1.29 is 0 Å². The van der Waals surface area contributed by atoms with Gasteiger partial charge in [-0.05, 0) is 27.4 Å². The lowest BCUT2D eigenvalue weighted by Gasteiger charge is -2.17. The molecule has 0 rings (SSSR count).